The minimum Gasteiger partial charge on any atom is -0.379 e. The largest absolute Gasteiger partial charge is 0.379 e. The van der Waals surface area contributed by atoms with Gasteiger partial charge in [0.05, 0.1) is 58.2 Å². The quantitative estimate of drug-likeness (QED) is 0.0737. The van der Waals surface area contributed by atoms with Gasteiger partial charge in [-0.15, -0.1) is 0 Å². The Balaban J connectivity index is 0. The zero-order valence-electron chi connectivity index (χ0n) is 28.4. The fourth-order valence-corrected chi connectivity index (χ4v) is 6.28. The average molecular weight is 631 g/mol. The average Bonchev–Trinajstić information content (AvgIpc) is 2.78. The van der Waals surface area contributed by atoms with Gasteiger partial charge < -0.3 is 14.0 Å². The molecule has 1 N–H and O–H groups in total. The fraction of sp³-hybridized carbons (Fsp3) is 1.00. The highest BCUT2D eigenvalue weighted by Crippen LogP contribution is 2.22. The molecule has 10 heteroatoms. The molecule has 0 bridgehead atoms. The maximum absolute atomic E-state index is 12.4. The first-order chi connectivity index (χ1) is 18.7. The summed E-state index contributed by atoms with van der Waals surface area (Å²) < 4.78 is 62.7. The second-order valence-corrected chi connectivity index (χ2v) is 17.6. The Hall–Kier alpha value is -0.260. The van der Waals surface area contributed by atoms with Gasteiger partial charge in [-0.2, -0.15) is 8.42 Å². The Kier molecular flexibility index (Phi) is 24.2. The van der Waals surface area contributed by atoms with Gasteiger partial charge in [-0.25, -0.2) is 8.42 Å². The highest BCUT2D eigenvalue weighted by atomic mass is 32.2. The summed E-state index contributed by atoms with van der Waals surface area (Å²) in [5, 5.41) is 0. The molecular formula is C31H68NO7S2+. The standard InChI is InChI=1S/C30H64NO4S.CH4O3S/c1-26(2)14-10-15-27(3)16-11-17-28(4)18-12-19-29(5)20-22-35-24-30(34-9)25-36(32,33)23-13-21-31(6,7)8;1-5(2,3)4/h26-30H,10-25H2,1-9H3;1H3,(H,2,3,4)/q+1;. The molecular weight excluding hydrogens is 562 g/mol. The van der Waals surface area contributed by atoms with Crippen molar-refractivity contribution in [2.24, 2.45) is 23.7 Å². The SMILES string of the molecule is COC(COCCC(C)CCCC(C)CCCC(C)CCCC(C)C)CS(=O)(=O)CCC[N+](C)(C)C.CS(=O)(=O)O. The lowest BCUT2D eigenvalue weighted by molar-refractivity contribution is -0.870. The molecule has 250 valence electrons. The second-order valence-electron chi connectivity index (χ2n) is 13.9. The summed E-state index contributed by atoms with van der Waals surface area (Å²) in [5.41, 5.74) is 0. The topological polar surface area (TPSA) is 107 Å². The minimum atomic E-state index is -3.67. The third-order valence-corrected chi connectivity index (χ3v) is 9.17. The van der Waals surface area contributed by atoms with Crippen molar-refractivity contribution in [3.8, 4) is 0 Å². The lowest BCUT2D eigenvalue weighted by atomic mass is 9.91. The molecule has 4 unspecified atom stereocenters. The summed E-state index contributed by atoms with van der Waals surface area (Å²) in [6.45, 7) is 13.7. The maximum Gasteiger partial charge on any atom is 0.261 e. The first-order valence-electron chi connectivity index (χ1n) is 15.8. The fourth-order valence-electron chi connectivity index (χ4n) is 4.75. The molecule has 0 aromatic rings. The van der Waals surface area contributed by atoms with Crippen molar-refractivity contribution in [2.75, 3.05) is 65.8 Å². The van der Waals surface area contributed by atoms with Crippen molar-refractivity contribution in [3.63, 3.8) is 0 Å². The molecule has 0 aliphatic rings. The van der Waals surface area contributed by atoms with Crippen LogP contribution in [0.15, 0.2) is 0 Å². The molecule has 0 aliphatic heterocycles. The third-order valence-electron chi connectivity index (χ3n) is 7.38. The first kappa shape index (κ1) is 42.9. The van der Waals surface area contributed by atoms with E-state index in [4.69, 9.17) is 14.0 Å². The Morgan fingerprint density at radius 1 is 0.707 bits per heavy atom. The highest BCUT2D eigenvalue weighted by molar-refractivity contribution is 7.91. The molecule has 0 radical (unpaired) electrons. The van der Waals surface area contributed by atoms with Crippen molar-refractivity contribution in [2.45, 2.75) is 111 Å². The van der Waals surface area contributed by atoms with Gasteiger partial charge in [0.15, 0.2) is 9.84 Å². The summed E-state index contributed by atoms with van der Waals surface area (Å²) in [5.74, 6) is 3.44. The molecule has 0 aliphatic carbocycles. The van der Waals surface area contributed by atoms with E-state index in [1.165, 1.54) is 57.8 Å². The van der Waals surface area contributed by atoms with Gasteiger partial charge in [0.1, 0.15) is 0 Å². The Bertz CT molecular complexity index is 816. The molecule has 0 spiro atoms. The molecule has 0 aromatic heterocycles. The van der Waals surface area contributed by atoms with Gasteiger partial charge in [-0.05, 0) is 30.1 Å². The molecule has 0 fully saturated rings. The summed E-state index contributed by atoms with van der Waals surface area (Å²) in [6, 6.07) is 0. The van der Waals surface area contributed by atoms with Crippen LogP contribution in [0.4, 0.5) is 0 Å². The number of quaternary nitrogens is 1. The normalized spacial score (nSPS) is 15.7. The zero-order valence-corrected chi connectivity index (χ0v) is 30.0. The Labute approximate surface area is 255 Å². The number of methoxy groups -OCH3 is 1. The number of hydrogen-bond acceptors (Lipinski definition) is 6. The van der Waals surface area contributed by atoms with E-state index >= 15 is 0 Å². The van der Waals surface area contributed by atoms with Crippen molar-refractivity contribution >= 4 is 20.0 Å². The van der Waals surface area contributed by atoms with Crippen LogP contribution in [0.1, 0.15) is 105 Å². The molecule has 0 saturated heterocycles. The molecule has 0 rings (SSSR count). The number of rotatable bonds is 24. The summed E-state index contributed by atoms with van der Waals surface area (Å²) >= 11 is 0. The first-order valence-corrected chi connectivity index (χ1v) is 19.4. The van der Waals surface area contributed by atoms with Crippen molar-refractivity contribution in [3.05, 3.63) is 0 Å². The lowest BCUT2D eigenvalue weighted by Gasteiger charge is -2.23. The van der Waals surface area contributed by atoms with E-state index in [-0.39, 0.29) is 17.6 Å². The predicted octanol–water partition coefficient (Wildman–Crippen LogP) is 6.50. The van der Waals surface area contributed by atoms with Gasteiger partial charge in [-0.3, -0.25) is 4.55 Å². The van der Waals surface area contributed by atoms with Gasteiger partial charge in [0, 0.05) is 20.1 Å². The van der Waals surface area contributed by atoms with Crippen LogP contribution in [0.5, 0.6) is 0 Å². The van der Waals surface area contributed by atoms with Crippen LogP contribution in [0.3, 0.4) is 0 Å². The Morgan fingerprint density at radius 2 is 1.12 bits per heavy atom. The highest BCUT2D eigenvalue weighted by Gasteiger charge is 2.20. The van der Waals surface area contributed by atoms with E-state index in [1.807, 2.05) is 0 Å². The maximum atomic E-state index is 12.4. The summed E-state index contributed by atoms with van der Waals surface area (Å²) in [7, 11) is 1.03. The molecule has 0 saturated carbocycles. The lowest BCUT2D eigenvalue weighted by Crippen LogP contribution is -2.37. The molecule has 0 amide bonds. The predicted molar refractivity (Wildman–Crippen MR) is 174 cm³/mol. The van der Waals surface area contributed by atoms with Gasteiger partial charge >= 0.3 is 0 Å². The van der Waals surface area contributed by atoms with E-state index in [2.05, 4.69) is 55.8 Å². The van der Waals surface area contributed by atoms with Crippen LogP contribution in [0.2, 0.25) is 0 Å². The van der Waals surface area contributed by atoms with Crippen molar-refractivity contribution in [1.82, 2.24) is 0 Å². The van der Waals surface area contributed by atoms with E-state index in [9.17, 15) is 16.8 Å². The molecule has 8 nitrogen and oxygen atoms in total. The van der Waals surface area contributed by atoms with Gasteiger partial charge in [0.2, 0.25) is 0 Å². The summed E-state index contributed by atoms with van der Waals surface area (Å²) in [6.07, 6.45) is 14.2. The Morgan fingerprint density at radius 3 is 1.51 bits per heavy atom. The van der Waals surface area contributed by atoms with Crippen LogP contribution in [-0.2, 0) is 29.4 Å². The number of nitrogens with zero attached hydrogens (tertiary/aromatic N) is 1. The van der Waals surface area contributed by atoms with E-state index in [0.29, 0.717) is 31.8 Å². The molecule has 41 heavy (non-hydrogen) atoms. The zero-order chi connectivity index (χ0) is 32.1. The van der Waals surface area contributed by atoms with E-state index in [0.717, 1.165) is 35.2 Å². The number of ether oxygens (including phenoxy) is 2. The van der Waals surface area contributed by atoms with E-state index in [1.54, 1.807) is 7.11 Å². The van der Waals surface area contributed by atoms with Crippen LogP contribution >= 0.6 is 0 Å². The van der Waals surface area contributed by atoms with Crippen LogP contribution in [0, 0.1) is 23.7 Å². The van der Waals surface area contributed by atoms with E-state index < -0.39 is 20.0 Å². The molecule has 4 atom stereocenters. The van der Waals surface area contributed by atoms with Crippen LogP contribution in [-0.4, -0.2) is 97.7 Å². The summed E-state index contributed by atoms with van der Waals surface area (Å²) in [4.78, 5) is 0. The molecule has 0 heterocycles. The number of sulfone groups is 1. The van der Waals surface area contributed by atoms with Gasteiger partial charge in [0.25, 0.3) is 10.1 Å². The van der Waals surface area contributed by atoms with Crippen molar-refractivity contribution < 1.29 is 35.3 Å². The van der Waals surface area contributed by atoms with Crippen LogP contribution in [0.25, 0.3) is 0 Å². The molecule has 0 aromatic carbocycles. The smallest absolute Gasteiger partial charge is 0.261 e. The number of hydrogen-bond donors (Lipinski definition) is 1. The monoisotopic (exact) mass is 630 g/mol. The van der Waals surface area contributed by atoms with Gasteiger partial charge in [-0.1, -0.05) is 92.4 Å². The second kappa shape index (κ2) is 23.2. The van der Waals surface area contributed by atoms with Crippen LogP contribution < -0.4 is 0 Å². The van der Waals surface area contributed by atoms with Crippen molar-refractivity contribution in [1.29, 1.82) is 0 Å². The minimum absolute atomic E-state index is 0.0464. The third kappa shape index (κ3) is 35.8.